The molecule has 4 rings (SSSR count). The summed E-state index contributed by atoms with van der Waals surface area (Å²) in [5.74, 6) is -0.582. The van der Waals surface area contributed by atoms with E-state index < -0.39 is 41.5 Å². The molecule has 14 heteroatoms. The highest BCUT2D eigenvalue weighted by Gasteiger charge is 2.37. The van der Waals surface area contributed by atoms with Crippen LogP contribution in [0.3, 0.4) is 0 Å². The third kappa shape index (κ3) is 3.70. The zero-order chi connectivity index (χ0) is 23.3. The Morgan fingerprint density at radius 2 is 1.75 bits per heavy atom. The van der Waals surface area contributed by atoms with Gasteiger partial charge in [0.15, 0.2) is 10.6 Å². The van der Waals surface area contributed by atoms with Gasteiger partial charge in [0.25, 0.3) is 5.69 Å². The number of fused-ring (bicyclic) bond motifs is 3. The quantitative estimate of drug-likeness (QED) is 0.297. The van der Waals surface area contributed by atoms with Crippen molar-refractivity contribution in [3.8, 4) is 0 Å². The van der Waals surface area contributed by atoms with E-state index in [4.69, 9.17) is 5.14 Å². The smallest absolute Gasteiger partial charge is 0.258 e. The molecule has 0 saturated carbocycles. The number of anilines is 1. The summed E-state index contributed by atoms with van der Waals surface area (Å²) in [6, 6.07) is 12.4. The van der Waals surface area contributed by atoms with E-state index in [0.717, 1.165) is 17.1 Å². The normalized spacial score (nSPS) is 14.3. The van der Waals surface area contributed by atoms with Gasteiger partial charge in [-0.05, 0) is 41.1 Å². The minimum Gasteiger partial charge on any atom is -0.258 e. The Labute approximate surface area is 181 Å². The number of nitro benzene ring substituents is 1. The van der Waals surface area contributed by atoms with Crippen LogP contribution in [-0.2, 0) is 31.3 Å². The molecule has 1 aliphatic heterocycles. The Balaban J connectivity index is 1.83. The van der Waals surface area contributed by atoms with Crippen LogP contribution in [0.25, 0.3) is 10.8 Å². The second kappa shape index (κ2) is 7.44. The number of amides is 1. The average Bonchev–Trinajstić information content (AvgIpc) is 3.06. The second-order valence-corrected chi connectivity index (χ2v) is 9.99. The van der Waals surface area contributed by atoms with Crippen LogP contribution in [0, 0.1) is 10.1 Å². The predicted octanol–water partition coefficient (Wildman–Crippen LogP) is 0.121. The van der Waals surface area contributed by atoms with Crippen molar-refractivity contribution in [2.24, 2.45) is 10.4 Å². The summed E-state index contributed by atoms with van der Waals surface area (Å²) in [5, 5.41) is 21.6. The molecule has 0 aromatic heterocycles. The molecule has 1 aliphatic rings. The number of hydrogen-bond acceptors (Lipinski definition) is 8. The van der Waals surface area contributed by atoms with Crippen molar-refractivity contribution in [2.75, 3.05) is 5.01 Å². The Hall–Kier alpha value is -3.75. The molecule has 12 nitrogen and oxygen atoms in total. The van der Waals surface area contributed by atoms with Gasteiger partial charge in [-0.2, -0.15) is 8.42 Å². The number of nitro groups is 1. The first kappa shape index (κ1) is 21.5. The molecular weight excluding hydrogens is 462 g/mol. The van der Waals surface area contributed by atoms with E-state index in [1.807, 2.05) is 4.52 Å². The number of hydrogen-bond donors (Lipinski definition) is 2. The lowest BCUT2D eigenvalue weighted by Crippen LogP contribution is -2.71. The van der Waals surface area contributed by atoms with Crippen molar-refractivity contribution >= 4 is 48.1 Å². The molecule has 3 N–H and O–H groups in total. The van der Waals surface area contributed by atoms with E-state index >= 15 is 0 Å². The number of carbonyl (C=O) groups is 1. The Kier molecular flexibility index (Phi) is 4.99. The topological polar surface area (TPSA) is 184 Å². The molecule has 3 aromatic carbocycles. The highest BCUT2D eigenvalue weighted by Crippen LogP contribution is 2.38. The number of primary sulfonamides is 1. The zero-order valence-corrected chi connectivity index (χ0v) is 17.6. The minimum atomic E-state index is -4.37. The van der Waals surface area contributed by atoms with Crippen LogP contribution in [0.4, 0.5) is 11.4 Å². The molecule has 1 amide bonds. The Morgan fingerprint density at radius 1 is 1.06 bits per heavy atom. The summed E-state index contributed by atoms with van der Waals surface area (Å²) in [6.07, 6.45) is -0.227. The van der Waals surface area contributed by atoms with Crippen LogP contribution >= 0.6 is 0 Å². The fourth-order valence-corrected chi connectivity index (χ4v) is 4.89. The van der Waals surface area contributed by atoms with E-state index in [2.05, 4.69) is 5.22 Å². The summed E-state index contributed by atoms with van der Waals surface area (Å²) in [7, 11) is -8.41. The summed E-state index contributed by atoms with van der Waals surface area (Å²) in [6.45, 7) is 0. The molecular formula is C18H14N5O7S2+. The summed E-state index contributed by atoms with van der Waals surface area (Å²) in [4.78, 5) is 22.3. The molecule has 0 bridgehead atoms. The summed E-state index contributed by atoms with van der Waals surface area (Å²) in [5.41, 5.74) is -0.198. The number of sulfonamides is 2. The van der Waals surface area contributed by atoms with Gasteiger partial charge < -0.3 is 0 Å². The van der Waals surface area contributed by atoms with Crippen molar-refractivity contribution in [3.05, 3.63) is 70.3 Å². The SMILES string of the molecule is NS(=O)(=O)c1cc2ccc3c(c2cc1[N+](=O)[O-])CC(=O)N3N=[NH+]S(=O)(=O)c1ccccc1. The van der Waals surface area contributed by atoms with E-state index in [0.29, 0.717) is 10.9 Å². The van der Waals surface area contributed by atoms with Gasteiger partial charge in [-0.3, -0.25) is 10.1 Å². The van der Waals surface area contributed by atoms with Gasteiger partial charge in [0.2, 0.25) is 10.0 Å². The van der Waals surface area contributed by atoms with Gasteiger partial charge in [0.05, 0.1) is 11.3 Å². The third-order valence-corrected chi connectivity index (χ3v) is 6.95. The molecule has 0 fully saturated rings. The standard InChI is InChI=1S/C18H13N5O7S2/c19-31(27,28)17-8-11-6-7-15-14(13(11)9-16(17)23(25)26)10-18(24)22(15)20-21-32(29,30)12-4-2-1-3-5-12/h1-9H,10H2,(H2,19,27,28)/p+1. The average molecular weight is 476 g/mol. The lowest BCUT2D eigenvalue weighted by atomic mass is 10.0. The van der Waals surface area contributed by atoms with Crippen molar-refractivity contribution in [2.45, 2.75) is 16.2 Å². The van der Waals surface area contributed by atoms with Crippen LogP contribution in [0.15, 0.2) is 69.6 Å². The highest BCUT2D eigenvalue weighted by atomic mass is 32.2. The van der Waals surface area contributed by atoms with Gasteiger partial charge in [-0.25, -0.2) is 18.4 Å². The van der Waals surface area contributed by atoms with E-state index in [-0.39, 0.29) is 22.4 Å². The van der Waals surface area contributed by atoms with Crippen LogP contribution in [-0.4, -0.2) is 27.7 Å². The molecule has 3 aromatic rings. The molecule has 0 saturated heterocycles. The molecule has 0 aliphatic carbocycles. The maximum atomic E-state index is 12.5. The van der Waals surface area contributed by atoms with Gasteiger partial charge >= 0.3 is 15.9 Å². The van der Waals surface area contributed by atoms with Gasteiger partial charge in [-0.15, -0.1) is 0 Å². The minimum absolute atomic E-state index is 0.0553. The maximum Gasteiger partial charge on any atom is 0.347 e. The van der Waals surface area contributed by atoms with Crippen LogP contribution in [0.1, 0.15) is 5.56 Å². The fraction of sp³-hybridized carbons (Fsp3) is 0.0556. The van der Waals surface area contributed by atoms with Crippen LogP contribution in [0.5, 0.6) is 0 Å². The number of carbonyl (C=O) groups excluding carboxylic acids is 1. The lowest BCUT2D eigenvalue weighted by molar-refractivity contribution is -0.387. The number of benzene rings is 3. The molecule has 32 heavy (non-hydrogen) atoms. The molecule has 0 unspecified atom stereocenters. The summed E-state index contributed by atoms with van der Waals surface area (Å²) < 4.78 is 50.3. The first-order valence-electron chi connectivity index (χ1n) is 8.86. The van der Waals surface area contributed by atoms with Crippen LogP contribution in [0.2, 0.25) is 0 Å². The van der Waals surface area contributed by atoms with Gasteiger partial charge in [0.1, 0.15) is 10.1 Å². The first-order valence-corrected chi connectivity index (χ1v) is 11.9. The zero-order valence-electron chi connectivity index (χ0n) is 16.0. The highest BCUT2D eigenvalue weighted by molar-refractivity contribution is 7.89. The third-order valence-electron chi connectivity index (χ3n) is 4.80. The molecule has 0 atom stereocenters. The number of nitrogens with one attached hydrogen (secondary N) is 1. The molecule has 0 spiro atoms. The van der Waals surface area contributed by atoms with Crippen molar-refractivity contribution in [1.29, 1.82) is 0 Å². The van der Waals surface area contributed by atoms with E-state index in [1.54, 1.807) is 6.07 Å². The lowest BCUT2D eigenvalue weighted by Gasteiger charge is -2.07. The number of rotatable bonds is 5. The number of nitrogens with zero attached hydrogens (tertiary/aromatic N) is 3. The van der Waals surface area contributed by atoms with Gasteiger partial charge in [-0.1, -0.05) is 27.7 Å². The second-order valence-electron chi connectivity index (χ2n) is 6.80. The van der Waals surface area contributed by atoms with Crippen molar-refractivity contribution in [1.82, 2.24) is 0 Å². The van der Waals surface area contributed by atoms with E-state index in [1.165, 1.54) is 36.4 Å². The molecule has 0 radical (unpaired) electrons. The van der Waals surface area contributed by atoms with E-state index in [9.17, 15) is 31.7 Å². The van der Waals surface area contributed by atoms with Crippen LogP contribution < -0.4 is 14.7 Å². The largest absolute Gasteiger partial charge is 0.347 e. The Bertz CT molecular complexity index is 1530. The fourth-order valence-electron chi connectivity index (χ4n) is 3.36. The first-order chi connectivity index (χ1) is 15.0. The summed E-state index contributed by atoms with van der Waals surface area (Å²) >= 11 is 0. The maximum absolute atomic E-state index is 12.5. The van der Waals surface area contributed by atoms with Gasteiger partial charge in [0, 0.05) is 11.6 Å². The van der Waals surface area contributed by atoms with Crippen molar-refractivity contribution in [3.63, 3.8) is 0 Å². The molecule has 164 valence electrons. The number of nitrogens with two attached hydrogens (primary N) is 1. The Morgan fingerprint density at radius 3 is 2.38 bits per heavy atom. The monoisotopic (exact) mass is 476 g/mol. The van der Waals surface area contributed by atoms with Crippen molar-refractivity contribution < 1.29 is 31.1 Å². The molecule has 1 heterocycles. The predicted molar refractivity (Wildman–Crippen MR) is 110 cm³/mol.